The topological polar surface area (TPSA) is 51.5 Å². The first-order valence-electron chi connectivity index (χ1n) is 4.39. The van der Waals surface area contributed by atoms with E-state index in [4.69, 9.17) is 19.5 Å². The predicted molar refractivity (Wildman–Crippen MR) is 43.5 cm³/mol. The average Bonchev–Trinajstić information content (AvgIpc) is 2.38. The lowest BCUT2D eigenvalue weighted by Gasteiger charge is -2.22. The molecule has 0 bridgehead atoms. The lowest BCUT2D eigenvalue weighted by Crippen LogP contribution is -2.29. The van der Waals surface area contributed by atoms with Crippen molar-refractivity contribution < 1.29 is 14.2 Å². The maximum atomic E-state index is 8.82. The van der Waals surface area contributed by atoms with E-state index in [9.17, 15) is 0 Å². The van der Waals surface area contributed by atoms with E-state index in [-0.39, 0.29) is 12.4 Å². The Morgan fingerprint density at radius 1 is 1.23 bits per heavy atom. The van der Waals surface area contributed by atoms with Crippen molar-refractivity contribution in [2.45, 2.75) is 51.0 Å². The number of ether oxygens (including phenoxy) is 3. The fourth-order valence-electron chi connectivity index (χ4n) is 1.80. The van der Waals surface area contributed by atoms with Crippen molar-refractivity contribution in [2.24, 2.45) is 0 Å². The number of hydrogen-bond acceptors (Lipinski definition) is 4. The molecule has 0 aliphatic carbocycles. The van der Waals surface area contributed by atoms with Crippen LogP contribution in [-0.4, -0.2) is 23.8 Å². The summed E-state index contributed by atoms with van der Waals surface area (Å²) in [5, 5.41) is 8.82. The minimum Gasteiger partial charge on any atom is -0.342 e. The Labute approximate surface area is 77.4 Å². The van der Waals surface area contributed by atoms with Gasteiger partial charge in [0.2, 0.25) is 0 Å². The van der Waals surface area contributed by atoms with Crippen LogP contribution in [0, 0.1) is 11.3 Å². The molecule has 0 radical (unpaired) electrons. The highest BCUT2D eigenvalue weighted by Crippen LogP contribution is 2.41. The fourth-order valence-corrected chi connectivity index (χ4v) is 1.80. The Morgan fingerprint density at radius 2 is 1.92 bits per heavy atom. The smallest absolute Gasteiger partial charge is 0.189 e. The quantitative estimate of drug-likeness (QED) is 0.565. The molecule has 0 spiro atoms. The molecule has 2 heterocycles. The van der Waals surface area contributed by atoms with Gasteiger partial charge in [-0.3, -0.25) is 0 Å². The molecule has 13 heavy (non-hydrogen) atoms. The van der Waals surface area contributed by atoms with Crippen LogP contribution in [0.1, 0.15) is 27.2 Å². The molecule has 0 aromatic heterocycles. The second-order valence-electron chi connectivity index (χ2n) is 4.21. The molecule has 2 fully saturated rings. The van der Waals surface area contributed by atoms with Gasteiger partial charge in [-0.1, -0.05) is 0 Å². The van der Waals surface area contributed by atoms with Crippen LogP contribution >= 0.6 is 0 Å². The first-order chi connectivity index (χ1) is 5.94. The molecule has 2 rings (SSSR count). The molecule has 4 nitrogen and oxygen atoms in total. The van der Waals surface area contributed by atoms with Gasteiger partial charge in [-0.15, -0.1) is 0 Å². The summed E-state index contributed by atoms with van der Waals surface area (Å²) in [4.78, 5) is 0. The molecule has 0 unspecified atom stereocenters. The summed E-state index contributed by atoms with van der Waals surface area (Å²) in [6.45, 7) is 5.45. The zero-order valence-electron chi connectivity index (χ0n) is 8.03. The lowest BCUT2D eigenvalue weighted by atomic mass is 10.0. The number of hydrogen-bond donors (Lipinski definition) is 0. The lowest BCUT2D eigenvalue weighted by molar-refractivity contribution is -0.212. The van der Waals surface area contributed by atoms with Crippen LogP contribution in [0.5, 0.6) is 0 Å². The molecule has 0 aromatic rings. The van der Waals surface area contributed by atoms with Crippen LogP contribution in [0.25, 0.3) is 0 Å². The zero-order valence-corrected chi connectivity index (χ0v) is 8.03. The second-order valence-corrected chi connectivity index (χ2v) is 4.21. The summed E-state index contributed by atoms with van der Waals surface area (Å²) in [7, 11) is 0. The first-order valence-corrected chi connectivity index (χ1v) is 4.39. The van der Waals surface area contributed by atoms with Gasteiger partial charge in [-0.05, 0) is 20.8 Å². The van der Waals surface area contributed by atoms with Gasteiger partial charge in [0.15, 0.2) is 17.7 Å². The molecule has 2 saturated heterocycles. The highest BCUT2D eigenvalue weighted by molar-refractivity contribution is 5.06. The molecule has 2 aliphatic rings. The van der Waals surface area contributed by atoms with Gasteiger partial charge in [0, 0.05) is 6.42 Å². The maximum Gasteiger partial charge on any atom is 0.189 e. The number of nitriles is 1. The third-order valence-corrected chi connectivity index (χ3v) is 2.34. The van der Waals surface area contributed by atoms with Gasteiger partial charge in [-0.2, -0.15) is 5.26 Å². The molecule has 0 saturated carbocycles. The predicted octanol–water partition coefficient (Wildman–Crippen LogP) is 1.17. The van der Waals surface area contributed by atoms with Gasteiger partial charge >= 0.3 is 0 Å². The van der Waals surface area contributed by atoms with Crippen molar-refractivity contribution >= 4 is 0 Å². The standard InChI is InChI=1S/C9H13NO3/c1-8(2)11-6-4-9(3,5-10)13-7(6)12-8/h6-7H,4H2,1-3H3/t6-,7+,9-/m1/s1. The van der Waals surface area contributed by atoms with Crippen molar-refractivity contribution in [3.05, 3.63) is 0 Å². The summed E-state index contributed by atoms with van der Waals surface area (Å²) in [5.41, 5.74) is -0.744. The molecule has 2 aliphatic heterocycles. The summed E-state index contributed by atoms with van der Waals surface area (Å²) >= 11 is 0. The Balaban J connectivity index is 2.10. The van der Waals surface area contributed by atoms with Gasteiger partial charge < -0.3 is 14.2 Å². The third-order valence-electron chi connectivity index (χ3n) is 2.34. The van der Waals surface area contributed by atoms with Crippen LogP contribution in [0.2, 0.25) is 0 Å². The van der Waals surface area contributed by atoms with E-state index < -0.39 is 11.4 Å². The third kappa shape index (κ3) is 1.44. The molecule has 4 heteroatoms. The monoisotopic (exact) mass is 183 g/mol. The van der Waals surface area contributed by atoms with E-state index in [1.807, 2.05) is 13.8 Å². The summed E-state index contributed by atoms with van der Waals surface area (Å²) in [5.74, 6) is -0.577. The summed E-state index contributed by atoms with van der Waals surface area (Å²) in [6.07, 6.45) is 0.108. The van der Waals surface area contributed by atoms with Crippen molar-refractivity contribution in [2.75, 3.05) is 0 Å². The van der Waals surface area contributed by atoms with E-state index in [2.05, 4.69) is 6.07 Å². The van der Waals surface area contributed by atoms with Crippen LogP contribution in [0.4, 0.5) is 0 Å². The van der Waals surface area contributed by atoms with Crippen molar-refractivity contribution in [3.8, 4) is 6.07 Å². The highest BCUT2D eigenvalue weighted by atomic mass is 16.8. The minimum atomic E-state index is -0.744. The van der Waals surface area contributed by atoms with Gasteiger partial charge in [0.05, 0.1) is 6.07 Å². The Morgan fingerprint density at radius 3 is 2.46 bits per heavy atom. The fraction of sp³-hybridized carbons (Fsp3) is 0.889. The molecule has 72 valence electrons. The first kappa shape index (κ1) is 8.95. The van der Waals surface area contributed by atoms with Crippen LogP contribution in [0.3, 0.4) is 0 Å². The molecule has 3 atom stereocenters. The van der Waals surface area contributed by atoms with Gasteiger partial charge in [0.1, 0.15) is 6.10 Å². The van der Waals surface area contributed by atoms with Crippen LogP contribution in [0.15, 0.2) is 0 Å². The summed E-state index contributed by atoms with van der Waals surface area (Å²) < 4.78 is 16.5. The molecular formula is C9H13NO3. The second kappa shape index (κ2) is 2.44. The summed E-state index contributed by atoms with van der Waals surface area (Å²) in [6, 6.07) is 2.11. The molecule has 0 N–H and O–H groups in total. The van der Waals surface area contributed by atoms with E-state index in [1.165, 1.54) is 0 Å². The normalized spacial score (nSPS) is 47.2. The van der Waals surface area contributed by atoms with Crippen molar-refractivity contribution in [1.29, 1.82) is 5.26 Å². The van der Waals surface area contributed by atoms with E-state index in [0.717, 1.165) is 0 Å². The number of rotatable bonds is 0. The molecule has 0 aromatic carbocycles. The SMILES string of the molecule is CC1(C)O[C@H]2O[C@@](C)(C#N)C[C@H]2O1. The van der Waals surface area contributed by atoms with Gasteiger partial charge in [-0.25, -0.2) is 0 Å². The van der Waals surface area contributed by atoms with E-state index in [1.54, 1.807) is 6.92 Å². The minimum absolute atomic E-state index is 0.0975. The maximum absolute atomic E-state index is 8.82. The van der Waals surface area contributed by atoms with Crippen molar-refractivity contribution in [3.63, 3.8) is 0 Å². The van der Waals surface area contributed by atoms with Crippen molar-refractivity contribution in [1.82, 2.24) is 0 Å². The Bertz CT molecular complexity index is 253. The number of nitrogens with zero attached hydrogens (tertiary/aromatic N) is 1. The largest absolute Gasteiger partial charge is 0.342 e. The van der Waals surface area contributed by atoms with Crippen LogP contribution in [-0.2, 0) is 14.2 Å². The highest BCUT2D eigenvalue weighted by Gasteiger charge is 2.53. The van der Waals surface area contributed by atoms with Crippen LogP contribution < -0.4 is 0 Å². The molecule has 0 amide bonds. The number of fused-ring (bicyclic) bond motifs is 1. The Hall–Kier alpha value is -0.630. The van der Waals surface area contributed by atoms with E-state index in [0.29, 0.717) is 6.42 Å². The zero-order chi connectivity index (χ0) is 9.69. The molecular weight excluding hydrogens is 170 g/mol. The van der Waals surface area contributed by atoms with E-state index >= 15 is 0 Å². The Kier molecular flexibility index (Phi) is 1.68. The van der Waals surface area contributed by atoms with Gasteiger partial charge in [0.25, 0.3) is 0 Å². The average molecular weight is 183 g/mol.